The molecule has 1 saturated heterocycles. The molecular formula is C26H23Cl2F2N3O3. The number of piperazine rings is 1. The van der Waals surface area contributed by atoms with E-state index in [4.69, 9.17) is 17.3 Å². The highest BCUT2D eigenvalue weighted by atomic mass is 35.5. The molecule has 0 saturated carbocycles. The first-order chi connectivity index (χ1) is 16.7. The number of benzene rings is 3. The third-order valence-corrected chi connectivity index (χ3v) is 7.27. The van der Waals surface area contributed by atoms with Crippen LogP contribution in [0.2, 0.25) is 5.02 Å². The summed E-state index contributed by atoms with van der Waals surface area (Å²) in [5.41, 5.74) is 6.55. The van der Waals surface area contributed by atoms with Crippen molar-refractivity contribution in [3.05, 3.63) is 87.4 Å². The van der Waals surface area contributed by atoms with Gasteiger partial charge in [0.05, 0.1) is 17.0 Å². The van der Waals surface area contributed by atoms with E-state index in [1.165, 1.54) is 18.2 Å². The molecule has 188 valence electrons. The van der Waals surface area contributed by atoms with Gasteiger partial charge in [0.1, 0.15) is 11.6 Å². The Morgan fingerprint density at radius 2 is 1.86 bits per heavy atom. The summed E-state index contributed by atoms with van der Waals surface area (Å²) in [4.78, 5) is 25.7. The molecular weight excluding hydrogens is 511 g/mol. The lowest BCUT2D eigenvalue weighted by Gasteiger charge is -2.45. The molecule has 1 fully saturated rings. The number of carbonyl (C=O) groups is 2. The summed E-state index contributed by atoms with van der Waals surface area (Å²) >= 11 is 6.46. The summed E-state index contributed by atoms with van der Waals surface area (Å²) in [6, 6.07) is 13.6. The van der Waals surface area contributed by atoms with E-state index in [0.717, 1.165) is 5.56 Å². The number of carboxylic acids is 1. The fraction of sp³-hybridized carbons (Fsp3) is 0.231. The SMILES string of the molecule is Cl.NC(=O)c1ccc(CC(=O)O)c(F)c1-c1c(Cl)c(F)cc2c1CC1(c3ccccc3)CNCCN21. The van der Waals surface area contributed by atoms with Gasteiger partial charge in [-0.1, -0.05) is 48.0 Å². The van der Waals surface area contributed by atoms with Gasteiger partial charge in [0.15, 0.2) is 0 Å². The molecule has 1 atom stereocenters. The molecule has 0 aliphatic carbocycles. The van der Waals surface area contributed by atoms with E-state index < -0.39 is 35.5 Å². The fourth-order valence-corrected chi connectivity index (χ4v) is 5.67. The zero-order valence-corrected chi connectivity index (χ0v) is 20.6. The summed E-state index contributed by atoms with van der Waals surface area (Å²) in [5.74, 6) is -3.88. The van der Waals surface area contributed by atoms with Gasteiger partial charge < -0.3 is 21.1 Å². The van der Waals surface area contributed by atoms with E-state index in [-0.39, 0.29) is 39.7 Å². The second-order valence-electron chi connectivity index (χ2n) is 8.84. The van der Waals surface area contributed by atoms with Crippen LogP contribution in [0.1, 0.15) is 27.0 Å². The minimum absolute atomic E-state index is 0. The first-order valence-electron chi connectivity index (χ1n) is 11.1. The zero-order valence-electron chi connectivity index (χ0n) is 19.0. The summed E-state index contributed by atoms with van der Waals surface area (Å²) in [6.07, 6.45) is -0.244. The number of nitrogens with one attached hydrogen (secondary N) is 1. The lowest BCUT2D eigenvalue weighted by Crippen LogP contribution is -2.57. The van der Waals surface area contributed by atoms with Crippen LogP contribution in [0.5, 0.6) is 0 Å². The van der Waals surface area contributed by atoms with Crippen molar-refractivity contribution in [3.8, 4) is 11.1 Å². The largest absolute Gasteiger partial charge is 0.481 e. The number of carboxylic acid groups (broad SMARTS) is 1. The molecule has 4 N–H and O–H groups in total. The highest BCUT2D eigenvalue weighted by molar-refractivity contribution is 6.34. The van der Waals surface area contributed by atoms with E-state index in [1.54, 1.807) is 0 Å². The molecule has 2 heterocycles. The second-order valence-corrected chi connectivity index (χ2v) is 9.22. The van der Waals surface area contributed by atoms with Crippen molar-refractivity contribution in [3.63, 3.8) is 0 Å². The summed E-state index contributed by atoms with van der Waals surface area (Å²) < 4.78 is 31.1. The molecule has 0 spiro atoms. The lowest BCUT2D eigenvalue weighted by atomic mass is 9.82. The molecule has 36 heavy (non-hydrogen) atoms. The highest BCUT2D eigenvalue weighted by Crippen LogP contribution is 2.52. The predicted molar refractivity (Wildman–Crippen MR) is 136 cm³/mol. The van der Waals surface area contributed by atoms with Crippen LogP contribution in [0.15, 0.2) is 48.5 Å². The summed E-state index contributed by atoms with van der Waals surface area (Å²) in [7, 11) is 0. The standard InChI is InChI=1S/C26H22ClF2N3O3.ClH/c27-23-18(28)11-19-17(12-26(13-31-8-9-32(19)26)15-4-2-1-3-5-15)21(23)22-16(25(30)35)7-6-14(24(22)29)10-20(33)34;/h1-7,11,31H,8-10,12-13H2,(H2,30,35)(H,33,34);1H. The van der Waals surface area contributed by atoms with Crippen molar-refractivity contribution >= 4 is 41.6 Å². The van der Waals surface area contributed by atoms with Gasteiger partial charge in [-0.05, 0) is 28.8 Å². The number of anilines is 1. The van der Waals surface area contributed by atoms with Gasteiger partial charge in [-0.15, -0.1) is 12.4 Å². The third-order valence-electron chi connectivity index (χ3n) is 6.90. The van der Waals surface area contributed by atoms with Crippen molar-refractivity contribution in [2.24, 2.45) is 5.73 Å². The molecule has 1 amide bonds. The molecule has 3 aromatic rings. The Morgan fingerprint density at radius 3 is 2.53 bits per heavy atom. The Hall–Kier alpha value is -3.20. The van der Waals surface area contributed by atoms with Crippen molar-refractivity contribution in [2.75, 3.05) is 24.5 Å². The summed E-state index contributed by atoms with van der Waals surface area (Å²) in [6.45, 7) is 1.81. The zero-order chi connectivity index (χ0) is 24.9. The predicted octanol–water partition coefficient (Wildman–Crippen LogP) is 4.29. The molecule has 0 radical (unpaired) electrons. The molecule has 0 aromatic heterocycles. The van der Waals surface area contributed by atoms with Crippen molar-refractivity contribution in [1.29, 1.82) is 0 Å². The van der Waals surface area contributed by atoms with Gasteiger partial charge in [0, 0.05) is 48.4 Å². The van der Waals surface area contributed by atoms with E-state index in [0.29, 0.717) is 37.3 Å². The third kappa shape index (κ3) is 3.99. The minimum atomic E-state index is -1.25. The van der Waals surface area contributed by atoms with Gasteiger partial charge in [-0.25, -0.2) is 8.78 Å². The number of nitrogens with zero attached hydrogens (tertiary/aromatic N) is 1. The number of hydrogen-bond acceptors (Lipinski definition) is 4. The van der Waals surface area contributed by atoms with Gasteiger partial charge in [-0.2, -0.15) is 0 Å². The Labute approximate surface area is 217 Å². The average Bonchev–Trinajstić information content (AvgIpc) is 3.17. The van der Waals surface area contributed by atoms with Crippen LogP contribution in [0.3, 0.4) is 0 Å². The number of primary amides is 1. The number of carbonyl (C=O) groups excluding carboxylic acids is 1. The maximum atomic E-state index is 15.8. The van der Waals surface area contributed by atoms with Crippen molar-refractivity contribution in [1.82, 2.24) is 5.32 Å². The van der Waals surface area contributed by atoms with Gasteiger partial charge in [0.2, 0.25) is 5.91 Å². The van der Waals surface area contributed by atoms with Crippen LogP contribution in [0.25, 0.3) is 11.1 Å². The normalized spacial score (nSPS) is 18.2. The van der Waals surface area contributed by atoms with Crippen molar-refractivity contribution < 1.29 is 23.5 Å². The molecule has 0 bridgehead atoms. The number of nitrogens with two attached hydrogens (primary N) is 1. The molecule has 5 rings (SSSR count). The van der Waals surface area contributed by atoms with Gasteiger partial charge >= 0.3 is 5.97 Å². The van der Waals surface area contributed by atoms with E-state index >= 15 is 8.78 Å². The van der Waals surface area contributed by atoms with Crippen LogP contribution in [0, 0.1) is 11.6 Å². The number of amides is 1. The summed E-state index contributed by atoms with van der Waals surface area (Å²) in [5, 5.41) is 12.3. The minimum Gasteiger partial charge on any atom is -0.481 e. The fourth-order valence-electron chi connectivity index (χ4n) is 5.40. The van der Waals surface area contributed by atoms with E-state index in [1.807, 2.05) is 30.3 Å². The molecule has 2 aliphatic heterocycles. The first-order valence-corrected chi connectivity index (χ1v) is 11.5. The maximum Gasteiger partial charge on any atom is 0.307 e. The van der Waals surface area contributed by atoms with E-state index in [9.17, 15) is 14.7 Å². The smallest absolute Gasteiger partial charge is 0.307 e. The molecule has 6 nitrogen and oxygen atoms in total. The Morgan fingerprint density at radius 1 is 1.14 bits per heavy atom. The number of aliphatic carboxylic acids is 1. The number of hydrogen-bond donors (Lipinski definition) is 3. The monoisotopic (exact) mass is 533 g/mol. The Balaban J connectivity index is 0.00000304. The van der Waals surface area contributed by atoms with Gasteiger partial charge in [0.25, 0.3) is 0 Å². The molecule has 10 heteroatoms. The van der Waals surface area contributed by atoms with Crippen molar-refractivity contribution in [2.45, 2.75) is 18.4 Å². The van der Waals surface area contributed by atoms with Crippen LogP contribution >= 0.6 is 24.0 Å². The Kier molecular flexibility index (Phi) is 6.96. The quantitative estimate of drug-likeness (QED) is 0.454. The second kappa shape index (κ2) is 9.69. The highest BCUT2D eigenvalue weighted by Gasteiger charge is 2.48. The van der Waals surface area contributed by atoms with E-state index in [2.05, 4.69) is 10.2 Å². The molecule has 1 unspecified atom stereocenters. The van der Waals surface area contributed by atoms with Crippen LogP contribution in [-0.4, -0.2) is 36.6 Å². The van der Waals surface area contributed by atoms with Crippen LogP contribution in [0.4, 0.5) is 14.5 Å². The lowest BCUT2D eigenvalue weighted by molar-refractivity contribution is -0.136. The molecule has 3 aromatic carbocycles. The van der Waals surface area contributed by atoms with Gasteiger partial charge in [-0.3, -0.25) is 9.59 Å². The topological polar surface area (TPSA) is 95.7 Å². The average molecular weight is 534 g/mol. The Bertz CT molecular complexity index is 1370. The number of fused-ring (bicyclic) bond motifs is 3. The first kappa shape index (κ1) is 25.9. The molecule has 2 aliphatic rings. The van der Waals surface area contributed by atoms with Crippen LogP contribution in [-0.2, 0) is 23.2 Å². The van der Waals surface area contributed by atoms with Crippen LogP contribution < -0.4 is 16.0 Å². The maximum absolute atomic E-state index is 15.8. The number of halogens is 4. The number of rotatable bonds is 5.